The van der Waals surface area contributed by atoms with Crippen molar-refractivity contribution in [3.05, 3.63) is 34.7 Å². The van der Waals surface area contributed by atoms with E-state index in [0.29, 0.717) is 6.21 Å². The highest BCUT2D eigenvalue weighted by Crippen LogP contribution is 2.24. The molecule has 104 valence electrons. The number of nitrogens with zero attached hydrogens (tertiary/aromatic N) is 1. The highest BCUT2D eigenvalue weighted by molar-refractivity contribution is 7.95. The average molecular weight is 297 g/mol. The molecular formula is C11H7NO7S. The molecule has 8 nitrogen and oxygen atoms in total. The molecule has 2 N–H and O–H groups in total. The van der Waals surface area contributed by atoms with Crippen LogP contribution in [0.15, 0.2) is 39.1 Å². The Morgan fingerprint density at radius 1 is 1.15 bits per heavy atom. The van der Waals surface area contributed by atoms with Gasteiger partial charge in [0.2, 0.25) is 0 Å². The van der Waals surface area contributed by atoms with Gasteiger partial charge in [-0.2, -0.15) is 12.8 Å². The fourth-order valence-corrected chi connectivity index (χ4v) is 2.43. The number of rotatable bonds is 3. The van der Waals surface area contributed by atoms with E-state index in [1.165, 1.54) is 24.3 Å². The van der Waals surface area contributed by atoms with Crippen LogP contribution in [0.4, 0.5) is 0 Å². The summed E-state index contributed by atoms with van der Waals surface area (Å²) in [5, 5.41) is 17.9. The van der Waals surface area contributed by atoms with Gasteiger partial charge in [0.05, 0.1) is 6.21 Å². The van der Waals surface area contributed by atoms with E-state index >= 15 is 0 Å². The predicted octanol–water partition coefficient (Wildman–Crippen LogP) is 0.0505. The van der Waals surface area contributed by atoms with E-state index in [1.807, 2.05) is 0 Å². The maximum absolute atomic E-state index is 11.8. The van der Waals surface area contributed by atoms with Gasteiger partial charge in [-0.15, -0.1) is 0 Å². The molecule has 2 rings (SSSR count). The number of phenolic OH excluding ortho intramolecular Hbond substituents is 1. The summed E-state index contributed by atoms with van der Waals surface area (Å²) in [5.74, 6) is -3.09. The van der Waals surface area contributed by atoms with Crippen molar-refractivity contribution in [2.24, 2.45) is 4.40 Å². The number of aliphatic carboxylic acids is 1. The number of carboxylic acid groups (broad SMARTS) is 1. The normalized spacial score (nSPS) is 16.2. The van der Waals surface area contributed by atoms with Crippen LogP contribution >= 0.6 is 0 Å². The molecule has 1 aliphatic heterocycles. The molecule has 1 aliphatic rings. The van der Waals surface area contributed by atoms with E-state index in [1.54, 1.807) is 0 Å². The zero-order valence-electron chi connectivity index (χ0n) is 9.68. The van der Waals surface area contributed by atoms with Crippen LogP contribution in [0.5, 0.6) is 11.5 Å². The second kappa shape index (κ2) is 4.78. The molecule has 0 spiro atoms. The van der Waals surface area contributed by atoms with E-state index in [2.05, 4.69) is 4.40 Å². The highest BCUT2D eigenvalue weighted by Gasteiger charge is 2.36. The van der Waals surface area contributed by atoms with Crippen molar-refractivity contribution in [3.8, 4) is 11.5 Å². The Hall–Kier alpha value is -2.68. The van der Waals surface area contributed by atoms with Crippen molar-refractivity contribution >= 4 is 28.2 Å². The molecule has 0 aromatic heterocycles. The maximum Gasteiger partial charge on any atom is 0.358 e. The smallest absolute Gasteiger partial charge is 0.358 e. The third-order valence-corrected chi connectivity index (χ3v) is 3.57. The number of carbonyl (C=O) groups is 2. The number of aromatic hydroxyl groups is 1. The van der Waals surface area contributed by atoms with Crippen LogP contribution in [0, 0.1) is 0 Å². The van der Waals surface area contributed by atoms with Crippen LogP contribution in [0.1, 0.15) is 0 Å². The first-order chi connectivity index (χ1) is 9.31. The van der Waals surface area contributed by atoms with E-state index in [-0.39, 0.29) is 11.5 Å². The standard InChI is InChI=1S/C11H7NO7S/c13-6-1-3-7(4-2-6)19-11(16)9-8(10(14)15)5-12-20(9,17)18/h1-5,13H,(H,14,15). The summed E-state index contributed by atoms with van der Waals surface area (Å²) < 4.78 is 30.7. The minimum Gasteiger partial charge on any atom is -0.508 e. The van der Waals surface area contributed by atoms with E-state index in [0.717, 1.165) is 0 Å². The quantitative estimate of drug-likeness (QED) is 0.595. The lowest BCUT2D eigenvalue weighted by Gasteiger charge is -2.05. The molecule has 0 bridgehead atoms. The van der Waals surface area contributed by atoms with E-state index in [9.17, 15) is 18.0 Å². The third kappa shape index (κ3) is 2.52. The molecule has 0 fully saturated rings. The first-order valence-corrected chi connectivity index (χ1v) is 6.54. The number of carboxylic acids is 1. The topological polar surface area (TPSA) is 130 Å². The summed E-state index contributed by atoms with van der Waals surface area (Å²) >= 11 is 0. The van der Waals surface area contributed by atoms with Crippen molar-refractivity contribution in [1.29, 1.82) is 0 Å². The summed E-state index contributed by atoms with van der Waals surface area (Å²) in [4.78, 5) is 21.6. The number of benzene rings is 1. The van der Waals surface area contributed by atoms with Gasteiger partial charge in [-0.25, -0.2) is 9.59 Å². The van der Waals surface area contributed by atoms with Gasteiger partial charge in [-0.1, -0.05) is 0 Å². The van der Waals surface area contributed by atoms with Crippen LogP contribution in [-0.4, -0.2) is 36.8 Å². The first-order valence-electron chi connectivity index (χ1n) is 5.10. The van der Waals surface area contributed by atoms with Crippen molar-refractivity contribution in [2.45, 2.75) is 0 Å². The van der Waals surface area contributed by atoms with Crippen molar-refractivity contribution in [2.75, 3.05) is 0 Å². The first kappa shape index (κ1) is 13.7. The van der Waals surface area contributed by atoms with Gasteiger partial charge in [-0.05, 0) is 24.3 Å². The number of ether oxygens (including phenoxy) is 1. The summed E-state index contributed by atoms with van der Waals surface area (Å²) in [6.07, 6.45) is 0.574. The number of sulfonamides is 1. The maximum atomic E-state index is 11.8. The van der Waals surface area contributed by atoms with Crippen LogP contribution in [0.3, 0.4) is 0 Å². The Bertz CT molecular complexity index is 743. The van der Waals surface area contributed by atoms with E-state index < -0.39 is 32.4 Å². The van der Waals surface area contributed by atoms with Crippen molar-refractivity contribution < 1.29 is 33.0 Å². The summed E-state index contributed by atoms with van der Waals surface area (Å²) in [7, 11) is -4.36. The molecule has 0 unspecified atom stereocenters. The monoisotopic (exact) mass is 297 g/mol. The molecule has 20 heavy (non-hydrogen) atoms. The van der Waals surface area contributed by atoms with Gasteiger partial charge in [0.25, 0.3) is 10.0 Å². The van der Waals surface area contributed by atoms with Gasteiger partial charge in [0.15, 0.2) is 4.91 Å². The molecule has 0 saturated carbocycles. The number of hydrogen-bond donors (Lipinski definition) is 2. The molecule has 0 saturated heterocycles. The minimum atomic E-state index is -4.36. The van der Waals surface area contributed by atoms with Crippen molar-refractivity contribution in [3.63, 3.8) is 0 Å². The fraction of sp³-hybridized carbons (Fsp3) is 0. The lowest BCUT2D eigenvalue weighted by molar-refractivity contribution is -0.133. The second-order valence-corrected chi connectivity index (χ2v) is 5.21. The van der Waals surface area contributed by atoms with Crippen LogP contribution in [0.2, 0.25) is 0 Å². The molecule has 1 aromatic carbocycles. The summed E-state index contributed by atoms with van der Waals surface area (Å²) in [6.45, 7) is 0. The SMILES string of the molecule is O=C(O)C1=C(C(=O)Oc2ccc(O)cc2)S(=O)(=O)N=C1. The largest absolute Gasteiger partial charge is 0.508 e. The second-order valence-electron chi connectivity index (χ2n) is 3.64. The predicted molar refractivity (Wildman–Crippen MR) is 65.8 cm³/mol. The number of esters is 1. The Morgan fingerprint density at radius 2 is 1.75 bits per heavy atom. The Kier molecular flexibility index (Phi) is 3.28. The zero-order valence-corrected chi connectivity index (χ0v) is 10.5. The van der Waals surface area contributed by atoms with Gasteiger partial charge < -0.3 is 14.9 Å². The summed E-state index contributed by atoms with van der Waals surface area (Å²) in [6, 6.07) is 4.87. The van der Waals surface area contributed by atoms with Crippen LogP contribution < -0.4 is 4.74 Å². The minimum absolute atomic E-state index is 0.0489. The number of phenols is 1. The Balaban J connectivity index is 2.35. The fourth-order valence-electron chi connectivity index (χ4n) is 1.41. The van der Waals surface area contributed by atoms with Gasteiger partial charge in [-0.3, -0.25) is 0 Å². The van der Waals surface area contributed by atoms with Gasteiger partial charge in [0, 0.05) is 0 Å². The molecule has 1 aromatic rings. The average Bonchev–Trinajstić information content (AvgIpc) is 2.68. The molecular weight excluding hydrogens is 290 g/mol. The Morgan fingerprint density at radius 3 is 2.30 bits per heavy atom. The molecule has 0 aliphatic carbocycles. The summed E-state index contributed by atoms with van der Waals surface area (Å²) in [5.41, 5.74) is -0.756. The molecule has 0 amide bonds. The third-order valence-electron chi connectivity index (χ3n) is 2.29. The number of carbonyl (C=O) groups excluding carboxylic acids is 1. The number of hydrogen-bond acceptors (Lipinski definition) is 6. The molecule has 0 atom stereocenters. The molecule has 9 heteroatoms. The lowest BCUT2D eigenvalue weighted by atomic mass is 10.2. The van der Waals surface area contributed by atoms with Crippen LogP contribution in [-0.2, 0) is 19.6 Å². The van der Waals surface area contributed by atoms with Crippen LogP contribution in [0.25, 0.3) is 0 Å². The van der Waals surface area contributed by atoms with Gasteiger partial charge in [0.1, 0.15) is 17.1 Å². The lowest BCUT2D eigenvalue weighted by Crippen LogP contribution is -2.19. The highest BCUT2D eigenvalue weighted by atomic mass is 32.2. The van der Waals surface area contributed by atoms with Crippen molar-refractivity contribution in [1.82, 2.24) is 0 Å². The Labute approximate surface area is 112 Å². The van der Waals surface area contributed by atoms with E-state index in [4.69, 9.17) is 14.9 Å². The molecule has 1 heterocycles. The zero-order chi connectivity index (χ0) is 14.9. The van der Waals surface area contributed by atoms with Gasteiger partial charge >= 0.3 is 11.9 Å². The molecule has 0 radical (unpaired) electrons.